The van der Waals surface area contributed by atoms with E-state index >= 15 is 0 Å². The van der Waals surface area contributed by atoms with Crippen molar-refractivity contribution >= 4 is 34.1 Å². The third-order valence-electron chi connectivity index (χ3n) is 5.23. The van der Waals surface area contributed by atoms with Crippen LogP contribution in [0.25, 0.3) is 0 Å². The van der Waals surface area contributed by atoms with Gasteiger partial charge in [0, 0.05) is 25.9 Å². The highest BCUT2D eigenvalue weighted by Crippen LogP contribution is 2.33. The fraction of sp³-hybridized carbons (Fsp3) is 0.474. The summed E-state index contributed by atoms with van der Waals surface area (Å²) in [5.41, 5.74) is 0.606. The van der Waals surface area contributed by atoms with Crippen molar-refractivity contribution in [1.29, 1.82) is 0 Å². The molecule has 1 saturated heterocycles. The molecule has 27 heavy (non-hydrogen) atoms. The van der Waals surface area contributed by atoms with Gasteiger partial charge in [0.1, 0.15) is 0 Å². The third-order valence-corrected chi connectivity index (χ3v) is 6.29. The summed E-state index contributed by atoms with van der Waals surface area (Å²) in [6.07, 6.45) is 4.10. The first-order chi connectivity index (χ1) is 13.0. The molecule has 2 amide bonds. The van der Waals surface area contributed by atoms with Crippen LogP contribution >= 0.6 is 11.3 Å². The lowest BCUT2D eigenvalue weighted by Crippen LogP contribution is -2.43. The van der Waals surface area contributed by atoms with Crippen LogP contribution in [0.4, 0.5) is 5.13 Å². The average molecular weight is 387 g/mol. The molecule has 0 bridgehead atoms. The Hall–Kier alpha value is -2.48. The number of ketones is 1. The summed E-state index contributed by atoms with van der Waals surface area (Å²) in [6.45, 7) is 3.73. The van der Waals surface area contributed by atoms with E-state index in [9.17, 15) is 14.4 Å². The Morgan fingerprint density at radius 1 is 1.30 bits per heavy atom. The second-order valence-electron chi connectivity index (χ2n) is 7.26. The molecule has 0 spiro atoms. The number of rotatable bonds is 3. The Morgan fingerprint density at radius 2 is 2.07 bits per heavy atom. The number of hydrogen-bond donors (Lipinski definition) is 1. The van der Waals surface area contributed by atoms with Gasteiger partial charge in [-0.2, -0.15) is 0 Å². The van der Waals surface area contributed by atoms with E-state index in [1.807, 2.05) is 4.90 Å². The topological polar surface area (TPSA) is 92.5 Å². The molecule has 0 radical (unpaired) electrons. The number of anilines is 1. The second-order valence-corrected chi connectivity index (χ2v) is 8.26. The lowest BCUT2D eigenvalue weighted by molar-refractivity contribution is -0.137. The number of amides is 2. The largest absolute Gasteiger partial charge is 0.459 e. The molecule has 1 aliphatic heterocycles. The van der Waals surface area contributed by atoms with Crippen molar-refractivity contribution in [2.45, 2.75) is 32.6 Å². The quantitative estimate of drug-likeness (QED) is 0.874. The molecule has 7 nitrogen and oxygen atoms in total. The van der Waals surface area contributed by atoms with Gasteiger partial charge in [0.15, 0.2) is 16.7 Å². The number of furan rings is 1. The van der Waals surface area contributed by atoms with E-state index in [0.29, 0.717) is 28.0 Å². The molecule has 1 fully saturated rings. The van der Waals surface area contributed by atoms with Crippen LogP contribution in [-0.2, 0) is 11.2 Å². The molecule has 2 aliphatic rings. The van der Waals surface area contributed by atoms with Crippen molar-refractivity contribution < 1.29 is 18.8 Å². The summed E-state index contributed by atoms with van der Waals surface area (Å²) < 4.78 is 5.06. The van der Waals surface area contributed by atoms with E-state index in [2.05, 4.69) is 17.2 Å². The predicted octanol–water partition coefficient (Wildman–Crippen LogP) is 2.99. The molecule has 0 aromatic carbocycles. The second kappa shape index (κ2) is 7.26. The van der Waals surface area contributed by atoms with Crippen LogP contribution in [0, 0.1) is 11.8 Å². The minimum absolute atomic E-state index is 0.0510. The Morgan fingerprint density at radius 3 is 2.78 bits per heavy atom. The maximum Gasteiger partial charge on any atom is 0.293 e. The summed E-state index contributed by atoms with van der Waals surface area (Å²) in [4.78, 5) is 44.3. The van der Waals surface area contributed by atoms with E-state index in [1.54, 1.807) is 12.1 Å². The smallest absolute Gasteiger partial charge is 0.293 e. The predicted molar refractivity (Wildman–Crippen MR) is 99.9 cm³/mol. The Labute approximate surface area is 160 Å². The summed E-state index contributed by atoms with van der Waals surface area (Å²) in [6, 6.07) is 3.19. The highest BCUT2D eigenvalue weighted by atomic mass is 32.1. The Bertz CT molecular complexity index is 866. The molecule has 0 unspecified atom stereocenters. The number of carbonyl (C=O) groups is 3. The zero-order chi connectivity index (χ0) is 19.0. The van der Waals surface area contributed by atoms with E-state index in [4.69, 9.17) is 4.42 Å². The number of fused-ring (bicyclic) bond motifs is 1. The van der Waals surface area contributed by atoms with E-state index in [-0.39, 0.29) is 29.8 Å². The first-order valence-electron chi connectivity index (χ1n) is 9.18. The summed E-state index contributed by atoms with van der Waals surface area (Å²) in [7, 11) is 0. The van der Waals surface area contributed by atoms with Gasteiger partial charge in [-0.1, -0.05) is 18.3 Å². The highest BCUT2D eigenvalue weighted by Gasteiger charge is 2.36. The fourth-order valence-electron chi connectivity index (χ4n) is 3.61. The Balaban J connectivity index is 1.46. The van der Waals surface area contributed by atoms with E-state index in [1.165, 1.54) is 6.26 Å². The van der Waals surface area contributed by atoms with Crippen molar-refractivity contribution in [1.82, 2.24) is 9.88 Å². The van der Waals surface area contributed by atoms with Gasteiger partial charge in [0.05, 0.1) is 22.8 Å². The van der Waals surface area contributed by atoms with E-state index < -0.39 is 5.91 Å². The number of Topliss-reactive ketones (excluding diaryl/α,β-unsaturated/α-hetero) is 1. The fourth-order valence-corrected chi connectivity index (χ4v) is 4.55. The molecule has 1 atom stereocenters. The summed E-state index contributed by atoms with van der Waals surface area (Å²) >= 11 is 1.16. The van der Waals surface area contributed by atoms with Crippen LogP contribution in [0.5, 0.6) is 0 Å². The molecule has 4 rings (SSSR count). The number of thiazole rings is 1. The normalized spacial score (nSPS) is 20.4. The maximum atomic E-state index is 12.8. The number of aromatic nitrogens is 1. The number of carbonyl (C=O) groups excluding carboxylic acids is 3. The van der Waals surface area contributed by atoms with Gasteiger partial charge in [0.2, 0.25) is 5.91 Å². The number of nitrogens with one attached hydrogen (secondary N) is 1. The van der Waals surface area contributed by atoms with Crippen molar-refractivity contribution in [2.75, 3.05) is 18.4 Å². The summed E-state index contributed by atoms with van der Waals surface area (Å²) in [5, 5.41) is 3.02. The zero-order valence-corrected chi connectivity index (χ0v) is 15.9. The van der Waals surface area contributed by atoms with Crippen molar-refractivity contribution in [2.24, 2.45) is 11.8 Å². The lowest BCUT2D eigenvalue weighted by Gasteiger charge is -2.33. The molecule has 8 heteroatoms. The minimum Gasteiger partial charge on any atom is -0.459 e. The van der Waals surface area contributed by atoms with Crippen LogP contribution < -0.4 is 5.32 Å². The van der Waals surface area contributed by atoms with E-state index in [0.717, 1.165) is 37.3 Å². The number of likely N-dealkylation sites (tertiary alicyclic amines) is 1. The number of piperidine rings is 1. The standard InChI is InChI=1S/C19H21N3O4S/c1-11-4-6-22(7-5-11)18(25)12-9-13-16(14(23)10-12)27-19(20-13)21-17(24)15-3-2-8-26-15/h2-3,8,11-12H,4-7,9-10H2,1H3,(H,20,21,24)/t12-/m1/s1. The first kappa shape index (κ1) is 17.9. The number of nitrogens with zero attached hydrogens (tertiary/aromatic N) is 2. The minimum atomic E-state index is -0.409. The van der Waals surface area contributed by atoms with Crippen LogP contribution in [0.1, 0.15) is 52.1 Å². The number of hydrogen-bond acceptors (Lipinski definition) is 6. The highest BCUT2D eigenvalue weighted by molar-refractivity contribution is 7.17. The van der Waals surface area contributed by atoms with Gasteiger partial charge < -0.3 is 9.32 Å². The Kier molecular flexibility index (Phi) is 4.82. The monoisotopic (exact) mass is 387 g/mol. The SMILES string of the molecule is CC1CCN(C(=O)[C@H]2CC(=O)c3sc(NC(=O)c4ccco4)nc3C2)CC1. The van der Waals surface area contributed by atoms with Gasteiger partial charge in [-0.05, 0) is 30.9 Å². The lowest BCUT2D eigenvalue weighted by atomic mass is 9.88. The molecule has 1 N–H and O–H groups in total. The molecule has 142 valence electrons. The van der Waals surface area contributed by atoms with Crippen LogP contribution in [0.2, 0.25) is 0 Å². The van der Waals surface area contributed by atoms with Crippen molar-refractivity contribution in [3.8, 4) is 0 Å². The van der Waals surface area contributed by atoms with Crippen molar-refractivity contribution in [3.63, 3.8) is 0 Å². The first-order valence-corrected chi connectivity index (χ1v) is 9.99. The van der Waals surface area contributed by atoms with Crippen LogP contribution in [0.3, 0.4) is 0 Å². The maximum absolute atomic E-state index is 12.8. The van der Waals surface area contributed by atoms with Crippen molar-refractivity contribution in [3.05, 3.63) is 34.7 Å². The molecule has 2 aromatic heterocycles. The molecular formula is C19H21N3O4S. The van der Waals surface area contributed by atoms with Gasteiger partial charge >= 0.3 is 0 Å². The molecular weight excluding hydrogens is 366 g/mol. The van der Waals surface area contributed by atoms with Gasteiger partial charge in [-0.25, -0.2) is 4.98 Å². The van der Waals surface area contributed by atoms with Crippen LogP contribution in [-0.4, -0.2) is 40.6 Å². The van der Waals surface area contributed by atoms with Crippen LogP contribution in [0.15, 0.2) is 22.8 Å². The summed E-state index contributed by atoms with van der Waals surface area (Å²) in [5.74, 6) is 0.0446. The average Bonchev–Trinajstić information content (AvgIpc) is 3.31. The third kappa shape index (κ3) is 3.66. The molecule has 1 aliphatic carbocycles. The molecule has 0 saturated carbocycles. The molecule has 3 heterocycles. The molecule has 2 aromatic rings. The van der Waals surface area contributed by atoms with Gasteiger partial charge in [0.25, 0.3) is 5.91 Å². The zero-order valence-electron chi connectivity index (χ0n) is 15.1. The van der Waals surface area contributed by atoms with Gasteiger partial charge in [-0.15, -0.1) is 0 Å². The van der Waals surface area contributed by atoms with Gasteiger partial charge in [-0.3, -0.25) is 19.7 Å².